The van der Waals surface area contributed by atoms with Crippen molar-refractivity contribution < 1.29 is 19.1 Å². The van der Waals surface area contributed by atoms with Gasteiger partial charge in [0.15, 0.2) is 0 Å². The van der Waals surface area contributed by atoms with Crippen molar-refractivity contribution in [2.75, 3.05) is 13.7 Å². The van der Waals surface area contributed by atoms with Crippen molar-refractivity contribution in [3.63, 3.8) is 0 Å². The van der Waals surface area contributed by atoms with Crippen LogP contribution in [0.15, 0.2) is 103 Å². The highest BCUT2D eigenvalue weighted by Crippen LogP contribution is 2.22. The van der Waals surface area contributed by atoms with Gasteiger partial charge in [0, 0.05) is 11.6 Å². The van der Waals surface area contributed by atoms with E-state index in [1.165, 1.54) is 0 Å². The molecular weight excluding hydrogens is 416 g/mol. The van der Waals surface area contributed by atoms with E-state index in [0.717, 1.165) is 10.8 Å². The molecule has 2 amide bonds. The first kappa shape index (κ1) is 23.3. The second-order valence-electron chi connectivity index (χ2n) is 7.10. The molecule has 2 N–H and O–H groups in total. The van der Waals surface area contributed by atoms with E-state index in [1.54, 1.807) is 50.5 Å². The summed E-state index contributed by atoms with van der Waals surface area (Å²) < 4.78 is 11.1. The smallest absolute Gasteiger partial charge is 0.252 e. The van der Waals surface area contributed by atoms with Gasteiger partial charge in [-0.3, -0.25) is 9.59 Å². The first-order valence-corrected chi connectivity index (χ1v) is 10.4. The zero-order chi connectivity index (χ0) is 23.6. The van der Waals surface area contributed by atoms with Gasteiger partial charge >= 0.3 is 0 Å². The summed E-state index contributed by atoms with van der Waals surface area (Å²) in [5.74, 6) is 0.980. The number of allylic oxidation sites excluding steroid dienone is 4. The molecule has 0 aliphatic heterocycles. The molecule has 168 valence electrons. The lowest BCUT2D eigenvalue weighted by molar-refractivity contribution is -0.119. The third-order valence-electron chi connectivity index (χ3n) is 4.81. The number of carbonyl (C=O) groups excluding carboxylic acids is 2. The van der Waals surface area contributed by atoms with Gasteiger partial charge in [-0.25, -0.2) is 0 Å². The van der Waals surface area contributed by atoms with E-state index >= 15 is 0 Å². The molecule has 0 aliphatic rings. The minimum atomic E-state index is -0.388. The molecule has 0 heterocycles. The molecule has 0 aliphatic carbocycles. The maximum absolute atomic E-state index is 12.7. The normalized spacial score (nSPS) is 11.6. The molecule has 0 unspecified atom stereocenters. The Morgan fingerprint density at radius 1 is 1.00 bits per heavy atom. The predicted molar refractivity (Wildman–Crippen MR) is 130 cm³/mol. The summed E-state index contributed by atoms with van der Waals surface area (Å²) in [6.07, 6.45) is 4.95. The lowest BCUT2D eigenvalue weighted by Gasteiger charge is -2.13. The summed E-state index contributed by atoms with van der Waals surface area (Å²) in [6.45, 7) is 5.20. The van der Waals surface area contributed by atoms with E-state index in [0.29, 0.717) is 28.5 Å². The molecule has 33 heavy (non-hydrogen) atoms. The standard InChI is InChI=1S/C27H26N2O4/c1-4-5-16-25(19(2)33-22-13-9-12-21(17-22)32-3)29-26(30)18-28-27(31)24-15-8-11-20-10-6-7-14-23(20)24/h4-17H,1,18H2,2-3H3,(H,28,31)(H,29,30)/b16-5-,25-19-. The Kier molecular flexibility index (Phi) is 8.02. The molecule has 0 saturated heterocycles. The molecule has 0 atom stereocenters. The van der Waals surface area contributed by atoms with Crippen LogP contribution in [-0.4, -0.2) is 25.5 Å². The van der Waals surface area contributed by atoms with E-state index in [9.17, 15) is 9.59 Å². The topological polar surface area (TPSA) is 76.7 Å². The van der Waals surface area contributed by atoms with E-state index in [-0.39, 0.29) is 18.4 Å². The number of ether oxygens (including phenoxy) is 2. The monoisotopic (exact) mass is 442 g/mol. The van der Waals surface area contributed by atoms with Crippen LogP contribution in [0.2, 0.25) is 0 Å². The predicted octanol–water partition coefficient (Wildman–Crippen LogP) is 4.75. The Labute approximate surface area is 193 Å². The van der Waals surface area contributed by atoms with Gasteiger partial charge in [0.05, 0.1) is 19.4 Å². The van der Waals surface area contributed by atoms with Crippen LogP contribution in [0.25, 0.3) is 10.8 Å². The summed E-state index contributed by atoms with van der Waals surface area (Å²) in [5.41, 5.74) is 0.961. The van der Waals surface area contributed by atoms with Crippen LogP contribution in [0, 0.1) is 0 Å². The summed E-state index contributed by atoms with van der Waals surface area (Å²) >= 11 is 0. The molecule has 0 bridgehead atoms. The van der Waals surface area contributed by atoms with Gasteiger partial charge < -0.3 is 20.1 Å². The Bertz CT molecular complexity index is 1220. The van der Waals surface area contributed by atoms with Crippen molar-refractivity contribution in [2.45, 2.75) is 6.92 Å². The second kappa shape index (κ2) is 11.3. The molecular formula is C27H26N2O4. The van der Waals surface area contributed by atoms with E-state index in [4.69, 9.17) is 9.47 Å². The van der Waals surface area contributed by atoms with Gasteiger partial charge in [-0.15, -0.1) is 0 Å². The summed E-state index contributed by atoms with van der Waals surface area (Å²) in [7, 11) is 1.58. The van der Waals surface area contributed by atoms with E-state index in [1.807, 2.05) is 48.5 Å². The van der Waals surface area contributed by atoms with Gasteiger partial charge in [0.1, 0.15) is 17.3 Å². The van der Waals surface area contributed by atoms with Crippen LogP contribution < -0.4 is 20.1 Å². The van der Waals surface area contributed by atoms with Crippen molar-refractivity contribution in [2.24, 2.45) is 0 Å². The molecule has 0 spiro atoms. The fourth-order valence-electron chi connectivity index (χ4n) is 3.18. The molecule has 0 radical (unpaired) electrons. The van der Waals surface area contributed by atoms with Gasteiger partial charge in [-0.2, -0.15) is 0 Å². The van der Waals surface area contributed by atoms with Crippen molar-refractivity contribution in [1.82, 2.24) is 10.6 Å². The van der Waals surface area contributed by atoms with Crippen LogP contribution in [0.1, 0.15) is 17.3 Å². The quantitative estimate of drug-likeness (QED) is 0.370. The third kappa shape index (κ3) is 6.33. The highest BCUT2D eigenvalue weighted by Gasteiger charge is 2.13. The molecule has 0 aromatic heterocycles. The fourth-order valence-corrected chi connectivity index (χ4v) is 3.18. The number of benzene rings is 3. The second-order valence-corrected chi connectivity index (χ2v) is 7.10. The van der Waals surface area contributed by atoms with Crippen LogP contribution in [0.4, 0.5) is 0 Å². The Balaban J connectivity index is 1.69. The van der Waals surface area contributed by atoms with Gasteiger partial charge in [0.25, 0.3) is 5.91 Å². The average molecular weight is 443 g/mol. The summed E-state index contributed by atoms with van der Waals surface area (Å²) in [5, 5.41) is 7.25. The van der Waals surface area contributed by atoms with E-state index < -0.39 is 0 Å². The number of methoxy groups -OCH3 is 1. The zero-order valence-electron chi connectivity index (χ0n) is 18.6. The zero-order valence-corrected chi connectivity index (χ0v) is 18.6. The number of nitrogens with one attached hydrogen (secondary N) is 2. The summed E-state index contributed by atoms with van der Waals surface area (Å²) in [4.78, 5) is 25.3. The van der Waals surface area contributed by atoms with Crippen molar-refractivity contribution in [3.05, 3.63) is 109 Å². The molecule has 3 aromatic rings. The largest absolute Gasteiger partial charge is 0.497 e. The average Bonchev–Trinajstić information content (AvgIpc) is 2.84. The first-order chi connectivity index (χ1) is 16.0. The lowest BCUT2D eigenvalue weighted by Crippen LogP contribution is -2.36. The highest BCUT2D eigenvalue weighted by molar-refractivity contribution is 6.07. The summed E-state index contributed by atoms with van der Waals surface area (Å²) in [6, 6.07) is 20.2. The fraction of sp³-hybridized carbons (Fsp3) is 0.111. The van der Waals surface area contributed by atoms with Crippen molar-refractivity contribution in [1.29, 1.82) is 0 Å². The van der Waals surface area contributed by atoms with Gasteiger partial charge in [-0.1, -0.05) is 61.2 Å². The van der Waals surface area contributed by atoms with Crippen molar-refractivity contribution in [3.8, 4) is 11.5 Å². The Morgan fingerprint density at radius 3 is 2.52 bits per heavy atom. The maximum Gasteiger partial charge on any atom is 0.252 e. The van der Waals surface area contributed by atoms with Crippen LogP contribution in [-0.2, 0) is 4.79 Å². The van der Waals surface area contributed by atoms with Crippen LogP contribution in [0.5, 0.6) is 11.5 Å². The number of fused-ring (bicyclic) bond motifs is 1. The number of rotatable bonds is 9. The van der Waals surface area contributed by atoms with Crippen molar-refractivity contribution >= 4 is 22.6 Å². The molecule has 6 nitrogen and oxygen atoms in total. The number of carbonyl (C=O) groups is 2. The molecule has 3 rings (SSSR count). The lowest BCUT2D eigenvalue weighted by atomic mass is 10.0. The number of hydrogen-bond acceptors (Lipinski definition) is 4. The third-order valence-corrected chi connectivity index (χ3v) is 4.81. The SMILES string of the molecule is C=C/C=C\C(NC(=O)CNC(=O)c1cccc2ccccc12)=C(/C)Oc1cccc(OC)c1. The van der Waals surface area contributed by atoms with Crippen LogP contribution in [0.3, 0.4) is 0 Å². The number of hydrogen-bond donors (Lipinski definition) is 2. The Morgan fingerprint density at radius 2 is 1.73 bits per heavy atom. The van der Waals surface area contributed by atoms with Gasteiger partial charge in [0.2, 0.25) is 5.91 Å². The minimum Gasteiger partial charge on any atom is -0.497 e. The highest BCUT2D eigenvalue weighted by atomic mass is 16.5. The molecule has 0 saturated carbocycles. The minimum absolute atomic E-state index is 0.195. The first-order valence-electron chi connectivity index (χ1n) is 10.4. The molecule has 0 fully saturated rings. The Hall–Kier alpha value is -4.32. The molecule has 6 heteroatoms. The maximum atomic E-state index is 12.7. The van der Waals surface area contributed by atoms with E-state index in [2.05, 4.69) is 17.2 Å². The number of amides is 2. The molecule has 3 aromatic carbocycles. The van der Waals surface area contributed by atoms with Gasteiger partial charge in [-0.05, 0) is 42.0 Å². The van der Waals surface area contributed by atoms with Crippen LogP contribution >= 0.6 is 0 Å².